The van der Waals surface area contributed by atoms with E-state index in [2.05, 4.69) is 55.6 Å². The summed E-state index contributed by atoms with van der Waals surface area (Å²) in [5, 5.41) is 3.64. The molecule has 29 heavy (non-hydrogen) atoms. The van der Waals surface area contributed by atoms with Crippen LogP contribution in [0.4, 0.5) is 0 Å². The van der Waals surface area contributed by atoms with Crippen LogP contribution in [0.3, 0.4) is 0 Å². The molecule has 4 heteroatoms. The zero-order valence-electron chi connectivity index (χ0n) is 18.3. The molecule has 0 radical (unpaired) electrons. The van der Waals surface area contributed by atoms with Crippen molar-refractivity contribution in [3.63, 3.8) is 0 Å². The molecular weight excluding hydrogens is 362 g/mol. The van der Waals surface area contributed by atoms with Crippen LogP contribution in [0.5, 0.6) is 11.5 Å². The summed E-state index contributed by atoms with van der Waals surface area (Å²) in [6, 6.07) is 16.9. The molecule has 1 N–H and O–H groups in total. The van der Waals surface area contributed by atoms with Crippen LogP contribution in [0, 0.1) is 0 Å². The fraction of sp³-hybridized carbons (Fsp3) is 0.520. The summed E-state index contributed by atoms with van der Waals surface area (Å²) in [4.78, 5) is 0. The second-order valence-electron chi connectivity index (χ2n) is 8.36. The van der Waals surface area contributed by atoms with Gasteiger partial charge in [-0.2, -0.15) is 0 Å². The number of hydrogen-bond donors (Lipinski definition) is 1. The van der Waals surface area contributed by atoms with Crippen molar-refractivity contribution in [2.45, 2.75) is 57.1 Å². The van der Waals surface area contributed by atoms with E-state index < -0.39 is 0 Å². The Bertz CT molecular complexity index is 759. The Labute approximate surface area is 175 Å². The molecule has 0 aromatic heterocycles. The Balaban J connectivity index is 1.69. The molecule has 1 fully saturated rings. The molecule has 0 spiro atoms. The molecule has 0 aliphatic carbocycles. The number of rotatable bonds is 9. The van der Waals surface area contributed by atoms with Gasteiger partial charge >= 0.3 is 0 Å². The normalized spacial score (nSPS) is 24.3. The maximum Gasteiger partial charge on any atom is 0.118 e. The summed E-state index contributed by atoms with van der Waals surface area (Å²) in [6.07, 6.45) is 4.23. The molecule has 2 aromatic carbocycles. The first-order chi connectivity index (χ1) is 14.0. The van der Waals surface area contributed by atoms with Crippen molar-refractivity contribution in [1.82, 2.24) is 5.32 Å². The van der Waals surface area contributed by atoms with Gasteiger partial charge in [0.15, 0.2) is 0 Å². The lowest BCUT2D eigenvalue weighted by Gasteiger charge is -2.47. The molecular formula is C25H35NO3. The Kier molecular flexibility index (Phi) is 7.20. The largest absolute Gasteiger partial charge is 0.497 e. The molecule has 2 aromatic rings. The molecule has 1 heterocycles. The van der Waals surface area contributed by atoms with Crippen molar-refractivity contribution >= 4 is 0 Å². The molecule has 0 bridgehead atoms. The quantitative estimate of drug-likeness (QED) is 0.598. The second kappa shape index (κ2) is 9.64. The fourth-order valence-electron chi connectivity index (χ4n) is 4.43. The van der Waals surface area contributed by atoms with Gasteiger partial charge in [0.2, 0.25) is 0 Å². The monoisotopic (exact) mass is 397 g/mol. The highest BCUT2D eigenvalue weighted by Crippen LogP contribution is 2.45. The van der Waals surface area contributed by atoms with E-state index >= 15 is 0 Å². The Morgan fingerprint density at radius 3 is 2.17 bits per heavy atom. The summed E-state index contributed by atoms with van der Waals surface area (Å²) in [6.45, 7) is 7.14. The molecule has 0 saturated carbocycles. The topological polar surface area (TPSA) is 39.7 Å². The highest BCUT2D eigenvalue weighted by atomic mass is 16.5. The van der Waals surface area contributed by atoms with Gasteiger partial charge in [0, 0.05) is 18.6 Å². The van der Waals surface area contributed by atoms with Gasteiger partial charge in [0.05, 0.1) is 19.8 Å². The molecule has 2 atom stereocenters. The molecule has 1 saturated heterocycles. The van der Waals surface area contributed by atoms with Crippen LogP contribution >= 0.6 is 0 Å². The minimum Gasteiger partial charge on any atom is -0.497 e. The Morgan fingerprint density at radius 2 is 1.59 bits per heavy atom. The van der Waals surface area contributed by atoms with Crippen LogP contribution in [0.2, 0.25) is 0 Å². The van der Waals surface area contributed by atoms with Gasteiger partial charge in [0.1, 0.15) is 11.5 Å². The Hall–Kier alpha value is -2.04. The zero-order chi connectivity index (χ0) is 20.7. The number of hydrogen-bond acceptors (Lipinski definition) is 4. The summed E-state index contributed by atoms with van der Waals surface area (Å²) >= 11 is 0. The van der Waals surface area contributed by atoms with Gasteiger partial charge < -0.3 is 19.5 Å². The third-order valence-corrected chi connectivity index (χ3v) is 6.46. The number of benzene rings is 2. The van der Waals surface area contributed by atoms with Crippen molar-refractivity contribution in [2.75, 3.05) is 27.4 Å². The van der Waals surface area contributed by atoms with Gasteiger partial charge in [-0.05, 0) is 74.5 Å². The molecule has 1 aliphatic rings. The summed E-state index contributed by atoms with van der Waals surface area (Å²) in [5.41, 5.74) is 2.73. The van der Waals surface area contributed by atoms with E-state index in [-0.39, 0.29) is 11.0 Å². The first-order valence-electron chi connectivity index (χ1n) is 10.6. The van der Waals surface area contributed by atoms with Gasteiger partial charge in [-0.1, -0.05) is 31.2 Å². The van der Waals surface area contributed by atoms with E-state index in [1.807, 2.05) is 12.1 Å². The van der Waals surface area contributed by atoms with Crippen LogP contribution in [0.1, 0.15) is 50.7 Å². The third kappa shape index (κ3) is 5.31. The van der Waals surface area contributed by atoms with E-state index in [1.165, 1.54) is 11.1 Å². The van der Waals surface area contributed by atoms with Crippen molar-refractivity contribution in [1.29, 1.82) is 0 Å². The van der Waals surface area contributed by atoms with Crippen LogP contribution in [-0.2, 0) is 16.7 Å². The van der Waals surface area contributed by atoms with Crippen molar-refractivity contribution in [3.8, 4) is 11.5 Å². The summed E-state index contributed by atoms with van der Waals surface area (Å²) < 4.78 is 16.8. The van der Waals surface area contributed by atoms with E-state index in [4.69, 9.17) is 14.2 Å². The van der Waals surface area contributed by atoms with Gasteiger partial charge in [-0.15, -0.1) is 0 Å². The first kappa shape index (κ1) is 21.7. The maximum atomic E-state index is 6.18. The lowest BCUT2D eigenvalue weighted by atomic mass is 9.66. The summed E-state index contributed by atoms with van der Waals surface area (Å²) in [7, 11) is 3.42. The average molecular weight is 398 g/mol. The van der Waals surface area contributed by atoms with E-state index in [0.29, 0.717) is 0 Å². The standard InChI is InChI=1S/C25H35NO3/c1-5-24(2)19-25(15-17-29-24,21-8-12-23(28-4)13-9-21)14-16-26-18-20-6-10-22(27-3)11-7-20/h6-13,26H,5,14-19H2,1-4H3/t24-,25-/m0/s1. The smallest absolute Gasteiger partial charge is 0.118 e. The molecule has 1 aliphatic heterocycles. The van der Waals surface area contributed by atoms with Crippen molar-refractivity contribution < 1.29 is 14.2 Å². The lowest BCUT2D eigenvalue weighted by molar-refractivity contribution is -0.0979. The predicted octanol–water partition coefficient (Wildman–Crippen LogP) is 5.10. The number of ether oxygens (including phenoxy) is 3. The lowest BCUT2D eigenvalue weighted by Crippen LogP contribution is -2.46. The predicted molar refractivity (Wildman–Crippen MR) is 118 cm³/mol. The molecule has 0 unspecified atom stereocenters. The summed E-state index contributed by atoms with van der Waals surface area (Å²) in [5.74, 6) is 1.81. The molecule has 0 amide bonds. The van der Waals surface area contributed by atoms with Gasteiger partial charge in [0.25, 0.3) is 0 Å². The molecule has 3 rings (SSSR count). The van der Waals surface area contributed by atoms with Gasteiger partial charge in [-0.25, -0.2) is 0 Å². The SMILES string of the molecule is CC[C@@]1(C)C[C@@](CCNCc2ccc(OC)cc2)(c2ccc(OC)cc2)CCO1. The number of methoxy groups -OCH3 is 2. The second-order valence-corrected chi connectivity index (χ2v) is 8.36. The highest BCUT2D eigenvalue weighted by Gasteiger charge is 2.43. The van der Waals surface area contributed by atoms with Gasteiger partial charge in [-0.3, -0.25) is 0 Å². The third-order valence-electron chi connectivity index (χ3n) is 6.46. The minimum absolute atomic E-state index is 0.0613. The molecule has 158 valence electrons. The molecule has 4 nitrogen and oxygen atoms in total. The highest BCUT2D eigenvalue weighted by molar-refractivity contribution is 5.33. The van der Waals surface area contributed by atoms with Crippen LogP contribution in [-0.4, -0.2) is 33.0 Å². The first-order valence-corrected chi connectivity index (χ1v) is 10.6. The number of nitrogens with one attached hydrogen (secondary N) is 1. The van der Waals surface area contributed by atoms with E-state index in [9.17, 15) is 0 Å². The van der Waals surface area contributed by atoms with E-state index in [1.54, 1.807) is 14.2 Å². The minimum atomic E-state index is -0.0613. The van der Waals surface area contributed by atoms with Crippen molar-refractivity contribution in [2.24, 2.45) is 0 Å². The Morgan fingerprint density at radius 1 is 0.966 bits per heavy atom. The van der Waals surface area contributed by atoms with E-state index in [0.717, 1.165) is 56.9 Å². The van der Waals surface area contributed by atoms with Crippen molar-refractivity contribution in [3.05, 3.63) is 59.7 Å². The van der Waals surface area contributed by atoms with Crippen LogP contribution in [0.25, 0.3) is 0 Å². The van der Waals surface area contributed by atoms with Crippen LogP contribution in [0.15, 0.2) is 48.5 Å². The fourth-order valence-corrected chi connectivity index (χ4v) is 4.43. The zero-order valence-corrected chi connectivity index (χ0v) is 18.3. The van der Waals surface area contributed by atoms with Crippen LogP contribution < -0.4 is 14.8 Å². The maximum absolute atomic E-state index is 6.18. The average Bonchev–Trinajstić information content (AvgIpc) is 2.77.